The molecule has 2 aliphatic rings. The van der Waals surface area contributed by atoms with Gasteiger partial charge in [0.1, 0.15) is 0 Å². The molecule has 5 rings (SSSR count). The standard InChI is InChI=1S/C30H30N4O4S2/c1-17-5-11-23(19(3)13-17)31-25-27(35)33(29(37)39-25)15-21-7-9-22(10-8-21)16-34-28(36)26(40-30(34)38)32-24-12-6-18(2)14-20(24)4/h5-14,25-26,31-32H,15-16H2,1-4H3. The number of nitrogens with zero attached hydrogens (tertiary/aromatic N) is 2. The van der Waals surface area contributed by atoms with Crippen molar-refractivity contribution in [3.63, 3.8) is 0 Å². The smallest absolute Gasteiger partial charge is 0.291 e. The van der Waals surface area contributed by atoms with Crippen LogP contribution in [0.4, 0.5) is 21.0 Å². The first-order valence-electron chi connectivity index (χ1n) is 12.9. The number of rotatable bonds is 8. The molecule has 206 valence electrons. The molecule has 4 amide bonds. The Kier molecular flexibility index (Phi) is 7.91. The van der Waals surface area contributed by atoms with E-state index in [1.54, 1.807) is 0 Å². The molecule has 8 nitrogen and oxygen atoms in total. The Labute approximate surface area is 241 Å². The molecule has 0 radical (unpaired) electrons. The van der Waals surface area contributed by atoms with Crippen molar-refractivity contribution < 1.29 is 19.2 Å². The second-order valence-corrected chi connectivity index (χ2v) is 12.2. The van der Waals surface area contributed by atoms with Crippen molar-refractivity contribution in [3.05, 3.63) is 94.0 Å². The van der Waals surface area contributed by atoms with Crippen molar-refractivity contribution in [1.29, 1.82) is 0 Å². The molecule has 0 aliphatic carbocycles. The lowest BCUT2D eigenvalue weighted by atomic mass is 10.1. The summed E-state index contributed by atoms with van der Waals surface area (Å²) in [6.45, 7) is 8.23. The third kappa shape index (κ3) is 5.88. The normalized spacial score (nSPS) is 19.1. The van der Waals surface area contributed by atoms with Crippen LogP contribution in [0.15, 0.2) is 60.7 Å². The quantitative estimate of drug-likeness (QED) is 0.329. The van der Waals surface area contributed by atoms with Crippen molar-refractivity contribution in [2.45, 2.75) is 51.5 Å². The van der Waals surface area contributed by atoms with Crippen LogP contribution in [0.5, 0.6) is 0 Å². The first-order valence-corrected chi connectivity index (χ1v) is 14.6. The molecule has 2 N–H and O–H groups in total. The van der Waals surface area contributed by atoms with E-state index < -0.39 is 10.7 Å². The first-order chi connectivity index (χ1) is 19.1. The molecule has 0 spiro atoms. The van der Waals surface area contributed by atoms with Gasteiger partial charge in [-0.05, 0) is 85.6 Å². The zero-order valence-electron chi connectivity index (χ0n) is 22.7. The summed E-state index contributed by atoms with van der Waals surface area (Å²) >= 11 is 1.94. The second kappa shape index (κ2) is 11.4. The summed E-state index contributed by atoms with van der Waals surface area (Å²) in [6, 6.07) is 19.1. The largest absolute Gasteiger partial charge is 0.365 e. The molecular weight excluding hydrogens is 544 g/mol. The van der Waals surface area contributed by atoms with Crippen molar-refractivity contribution >= 4 is 57.2 Å². The number of nitrogens with one attached hydrogen (secondary N) is 2. The van der Waals surface area contributed by atoms with E-state index in [4.69, 9.17) is 0 Å². The van der Waals surface area contributed by atoms with Crippen LogP contribution in [-0.4, -0.2) is 42.8 Å². The van der Waals surface area contributed by atoms with E-state index in [1.165, 1.54) is 9.80 Å². The highest BCUT2D eigenvalue weighted by molar-refractivity contribution is 8.15. The molecule has 40 heavy (non-hydrogen) atoms. The lowest BCUT2D eigenvalue weighted by Crippen LogP contribution is -2.34. The van der Waals surface area contributed by atoms with E-state index in [-0.39, 0.29) is 35.4 Å². The van der Waals surface area contributed by atoms with Crippen LogP contribution in [-0.2, 0) is 22.7 Å². The van der Waals surface area contributed by atoms with Gasteiger partial charge >= 0.3 is 0 Å². The average Bonchev–Trinajstić information content (AvgIpc) is 3.32. The van der Waals surface area contributed by atoms with Gasteiger partial charge in [0, 0.05) is 11.4 Å². The van der Waals surface area contributed by atoms with Gasteiger partial charge in [-0.25, -0.2) is 0 Å². The maximum atomic E-state index is 13.0. The number of hydrogen-bond donors (Lipinski definition) is 2. The lowest BCUT2D eigenvalue weighted by Gasteiger charge is -2.17. The summed E-state index contributed by atoms with van der Waals surface area (Å²) in [6.07, 6.45) is 0. The summed E-state index contributed by atoms with van der Waals surface area (Å²) in [4.78, 5) is 53.8. The molecule has 10 heteroatoms. The van der Waals surface area contributed by atoms with E-state index in [2.05, 4.69) is 10.6 Å². The van der Waals surface area contributed by atoms with Crippen molar-refractivity contribution in [2.24, 2.45) is 0 Å². The highest BCUT2D eigenvalue weighted by Crippen LogP contribution is 2.32. The Hall–Kier alpha value is -3.76. The maximum Gasteiger partial charge on any atom is 0.291 e. The molecule has 0 saturated carbocycles. The van der Waals surface area contributed by atoms with Gasteiger partial charge in [0.05, 0.1) is 13.1 Å². The SMILES string of the molecule is Cc1ccc(NC2SC(=O)N(Cc3ccc(CN4C(=O)SC(Nc5ccc(C)cc5C)C4=O)cc3)C2=O)c(C)c1. The highest BCUT2D eigenvalue weighted by Gasteiger charge is 2.41. The molecule has 3 aromatic carbocycles. The molecule has 3 aromatic rings. The molecule has 0 aromatic heterocycles. The molecule has 2 saturated heterocycles. The summed E-state index contributed by atoms with van der Waals surface area (Å²) in [5.41, 5.74) is 7.48. The summed E-state index contributed by atoms with van der Waals surface area (Å²) in [5.74, 6) is -0.571. The fourth-order valence-corrected chi connectivity index (χ4v) is 6.50. The van der Waals surface area contributed by atoms with Crippen LogP contribution >= 0.6 is 23.5 Å². The van der Waals surface area contributed by atoms with Crippen LogP contribution in [0, 0.1) is 27.7 Å². The molecular formula is C30H30N4O4S2. The number of imide groups is 2. The minimum Gasteiger partial charge on any atom is -0.365 e. The predicted octanol–water partition coefficient (Wildman–Crippen LogP) is 6.19. The zero-order chi connectivity index (χ0) is 28.6. The van der Waals surface area contributed by atoms with Crippen LogP contribution < -0.4 is 10.6 Å². The third-order valence-corrected chi connectivity index (χ3v) is 8.85. The average molecular weight is 575 g/mol. The van der Waals surface area contributed by atoms with Gasteiger partial charge < -0.3 is 10.6 Å². The van der Waals surface area contributed by atoms with Crippen LogP contribution in [0.1, 0.15) is 33.4 Å². The van der Waals surface area contributed by atoms with Gasteiger partial charge in [0.25, 0.3) is 22.3 Å². The number of hydrogen-bond acceptors (Lipinski definition) is 8. The van der Waals surface area contributed by atoms with E-state index in [0.29, 0.717) is 0 Å². The monoisotopic (exact) mass is 574 g/mol. The van der Waals surface area contributed by atoms with Crippen LogP contribution in [0.2, 0.25) is 0 Å². The molecule has 2 fully saturated rings. The van der Waals surface area contributed by atoms with Crippen LogP contribution in [0.3, 0.4) is 0 Å². The summed E-state index contributed by atoms with van der Waals surface area (Å²) in [5, 5.41) is 4.42. The summed E-state index contributed by atoms with van der Waals surface area (Å²) < 4.78 is 0. The van der Waals surface area contributed by atoms with E-state index >= 15 is 0 Å². The summed E-state index contributed by atoms with van der Waals surface area (Å²) in [7, 11) is 0. The number of aryl methyl sites for hydroxylation is 4. The maximum absolute atomic E-state index is 13.0. The number of carbonyl (C=O) groups excluding carboxylic acids is 4. The van der Waals surface area contributed by atoms with Crippen LogP contribution in [0.25, 0.3) is 0 Å². The van der Waals surface area contributed by atoms with Gasteiger partial charge in [0.2, 0.25) is 0 Å². The molecule has 2 heterocycles. The van der Waals surface area contributed by atoms with Crippen molar-refractivity contribution in [1.82, 2.24) is 9.80 Å². The molecule has 2 atom stereocenters. The molecule has 0 bridgehead atoms. The van der Waals surface area contributed by atoms with Gasteiger partial charge in [-0.15, -0.1) is 0 Å². The zero-order valence-corrected chi connectivity index (χ0v) is 24.3. The Morgan fingerprint density at radius 3 is 1.32 bits per heavy atom. The van der Waals surface area contributed by atoms with E-state index in [9.17, 15) is 19.2 Å². The Morgan fingerprint density at radius 2 is 0.975 bits per heavy atom. The Bertz CT molecular complexity index is 1400. The number of anilines is 2. The number of benzene rings is 3. The van der Waals surface area contributed by atoms with Gasteiger partial charge in [-0.3, -0.25) is 29.0 Å². The third-order valence-electron chi connectivity index (χ3n) is 6.90. The highest BCUT2D eigenvalue weighted by atomic mass is 32.2. The number of thioether (sulfide) groups is 2. The van der Waals surface area contributed by atoms with Gasteiger partial charge in [0.15, 0.2) is 10.7 Å². The second-order valence-electron chi connectivity index (χ2n) is 10.1. The van der Waals surface area contributed by atoms with Gasteiger partial charge in [-0.1, -0.05) is 59.7 Å². The van der Waals surface area contributed by atoms with Gasteiger partial charge in [-0.2, -0.15) is 0 Å². The Morgan fingerprint density at radius 1 is 0.600 bits per heavy atom. The minimum absolute atomic E-state index is 0.148. The lowest BCUT2D eigenvalue weighted by molar-refractivity contribution is -0.127. The van der Waals surface area contributed by atoms with E-state index in [1.807, 2.05) is 88.4 Å². The Balaban J connectivity index is 1.19. The predicted molar refractivity (Wildman–Crippen MR) is 160 cm³/mol. The topological polar surface area (TPSA) is 98.8 Å². The fourth-order valence-electron chi connectivity index (χ4n) is 4.71. The fraction of sp³-hybridized carbons (Fsp3) is 0.267. The molecule has 2 aliphatic heterocycles. The molecule has 2 unspecified atom stereocenters. The minimum atomic E-state index is -0.678. The number of amides is 4. The first kappa shape index (κ1) is 27.8. The van der Waals surface area contributed by atoms with Crippen molar-refractivity contribution in [2.75, 3.05) is 10.6 Å². The van der Waals surface area contributed by atoms with Crippen molar-refractivity contribution in [3.8, 4) is 0 Å². The number of carbonyl (C=O) groups is 4. The van der Waals surface area contributed by atoms with E-state index in [0.717, 1.165) is 68.3 Å².